The Morgan fingerprint density at radius 3 is 3.08 bits per heavy atom. The van der Waals surface area contributed by atoms with Crippen LogP contribution in [0.4, 0.5) is 0 Å². The first kappa shape index (κ1) is 10.7. The molecule has 0 radical (unpaired) electrons. The largest absolute Gasteiger partial charge is 0.360 e. The summed E-state index contributed by atoms with van der Waals surface area (Å²) in [5.74, 6) is 0. The predicted molar refractivity (Wildman–Crippen MR) is 60.3 cm³/mol. The highest BCUT2D eigenvalue weighted by molar-refractivity contribution is 8.02. The molecule has 1 aliphatic rings. The minimum atomic E-state index is 0.402. The summed E-state index contributed by atoms with van der Waals surface area (Å²) in [7, 11) is 2.15. The minimum Gasteiger partial charge on any atom is -0.360 e. The maximum atomic E-state index is 3.74. The third-order valence-electron chi connectivity index (χ3n) is 2.10. The molecule has 0 amide bonds. The Bertz CT molecular complexity index is 201. The summed E-state index contributed by atoms with van der Waals surface area (Å²) in [5.41, 5.74) is 1.54. The number of unbranched alkanes of at least 4 members (excludes halogenated alkanes) is 1. The summed E-state index contributed by atoms with van der Waals surface area (Å²) in [5, 5.41) is 5.51. The molecular formula is C10H18N2S. The van der Waals surface area contributed by atoms with Gasteiger partial charge in [-0.25, -0.2) is 0 Å². The minimum absolute atomic E-state index is 0.402. The first-order valence-corrected chi connectivity index (χ1v) is 5.67. The summed E-state index contributed by atoms with van der Waals surface area (Å²) in [6.45, 7) is 7.11. The van der Waals surface area contributed by atoms with E-state index in [2.05, 4.69) is 36.2 Å². The van der Waals surface area contributed by atoms with Crippen molar-refractivity contribution >= 4 is 11.8 Å². The van der Waals surface area contributed by atoms with Gasteiger partial charge >= 0.3 is 0 Å². The van der Waals surface area contributed by atoms with Crippen LogP contribution in [0.5, 0.6) is 0 Å². The Balaban J connectivity index is 2.27. The van der Waals surface area contributed by atoms with Crippen molar-refractivity contribution in [3.63, 3.8) is 0 Å². The number of hydrogen-bond acceptors (Lipinski definition) is 3. The van der Waals surface area contributed by atoms with Crippen molar-refractivity contribution in [3.8, 4) is 0 Å². The molecule has 2 nitrogen and oxygen atoms in total. The lowest BCUT2D eigenvalue weighted by Crippen LogP contribution is -2.37. The zero-order valence-corrected chi connectivity index (χ0v) is 9.23. The molecule has 0 bridgehead atoms. The Morgan fingerprint density at radius 2 is 2.54 bits per heavy atom. The van der Waals surface area contributed by atoms with E-state index in [1.165, 1.54) is 12.8 Å². The molecular weight excluding hydrogens is 180 g/mol. The van der Waals surface area contributed by atoms with Crippen LogP contribution < -0.4 is 5.32 Å². The van der Waals surface area contributed by atoms with Gasteiger partial charge in [0.15, 0.2) is 0 Å². The number of thioether (sulfide) groups is 1. The molecule has 0 aliphatic carbocycles. The van der Waals surface area contributed by atoms with Crippen molar-refractivity contribution in [3.05, 3.63) is 23.8 Å². The number of rotatable bonds is 5. The zero-order valence-electron chi connectivity index (χ0n) is 8.42. The molecule has 1 rings (SSSR count). The fourth-order valence-electron chi connectivity index (χ4n) is 1.19. The lowest BCUT2D eigenvalue weighted by atomic mass is 10.3. The van der Waals surface area contributed by atoms with Crippen LogP contribution >= 0.6 is 11.8 Å². The van der Waals surface area contributed by atoms with Gasteiger partial charge < -0.3 is 5.32 Å². The normalized spacial score (nSPS) is 21.5. The molecule has 1 heterocycles. The Morgan fingerprint density at radius 1 is 1.77 bits per heavy atom. The van der Waals surface area contributed by atoms with E-state index in [-0.39, 0.29) is 0 Å². The Kier molecular flexibility index (Phi) is 4.39. The van der Waals surface area contributed by atoms with Crippen molar-refractivity contribution in [1.82, 2.24) is 10.2 Å². The van der Waals surface area contributed by atoms with Crippen molar-refractivity contribution in [2.24, 2.45) is 0 Å². The molecule has 0 saturated heterocycles. The lowest BCUT2D eigenvalue weighted by molar-refractivity contribution is 0.291. The van der Waals surface area contributed by atoms with Gasteiger partial charge in [-0.1, -0.05) is 31.7 Å². The molecule has 1 unspecified atom stereocenters. The predicted octanol–water partition coefficient (Wildman–Crippen LogP) is 2.37. The van der Waals surface area contributed by atoms with E-state index in [4.69, 9.17) is 0 Å². The fourth-order valence-corrected chi connectivity index (χ4v) is 2.15. The highest BCUT2D eigenvalue weighted by Gasteiger charge is 2.18. The molecule has 0 fully saturated rings. The molecule has 3 heteroatoms. The quantitative estimate of drug-likeness (QED) is 0.730. The van der Waals surface area contributed by atoms with E-state index < -0.39 is 0 Å². The first-order valence-electron chi connectivity index (χ1n) is 4.72. The molecule has 74 valence electrons. The third-order valence-corrected chi connectivity index (χ3v) is 3.22. The third kappa shape index (κ3) is 3.08. The van der Waals surface area contributed by atoms with E-state index in [0.29, 0.717) is 5.50 Å². The SMILES string of the molecule is C=CC1=CSC(N(C)CCCC)N1. The van der Waals surface area contributed by atoms with Crippen LogP contribution in [0.25, 0.3) is 0 Å². The Labute approximate surface area is 85.1 Å². The zero-order chi connectivity index (χ0) is 9.68. The molecule has 0 aromatic rings. The van der Waals surface area contributed by atoms with E-state index in [0.717, 1.165) is 12.2 Å². The van der Waals surface area contributed by atoms with Gasteiger partial charge in [-0.05, 0) is 25.0 Å². The molecule has 0 aromatic carbocycles. The molecule has 1 N–H and O–H groups in total. The lowest BCUT2D eigenvalue weighted by Gasteiger charge is -2.24. The van der Waals surface area contributed by atoms with Crippen molar-refractivity contribution in [2.75, 3.05) is 13.6 Å². The summed E-state index contributed by atoms with van der Waals surface area (Å²) in [6.07, 6.45) is 4.38. The van der Waals surface area contributed by atoms with Crippen LogP contribution in [0.2, 0.25) is 0 Å². The monoisotopic (exact) mass is 198 g/mol. The van der Waals surface area contributed by atoms with Crippen LogP contribution in [0.15, 0.2) is 23.8 Å². The maximum Gasteiger partial charge on any atom is 0.132 e. The van der Waals surface area contributed by atoms with Gasteiger partial charge in [-0.2, -0.15) is 0 Å². The van der Waals surface area contributed by atoms with E-state index in [1.807, 2.05) is 17.8 Å². The summed E-state index contributed by atoms with van der Waals surface area (Å²) >= 11 is 1.82. The molecule has 0 saturated carbocycles. The van der Waals surface area contributed by atoms with Gasteiger partial charge in [-0.15, -0.1) is 0 Å². The van der Waals surface area contributed by atoms with Gasteiger partial charge in [0, 0.05) is 12.2 Å². The summed E-state index contributed by atoms with van der Waals surface area (Å²) in [6, 6.07) is 0. The van der Waals surface area contributed by atoms with Gasteiger partial charge in [0.2, 0.25) is 0 Å². The average Bonchev–Trinajstić information content (AvgIpc) is 2.62. The van der Waals surface area contributed by atoms with Crippen LogP contribution in [0, 0.1) is 0 Å². The van der Waals surface area contributed by atoms with Crippen molar-refractivity contribution in [1.29, 1.82) is 0 Å². The van der Waals surface area contributed by atoms with Crippen LogP contribution in [-0.4, -0.2) is 24.0 Å². The molecule has 0 aromatic heterocycles. The number of allylic oxidation sites excluding steroid dienone is 1. The van der Waals surface area contributed by atoms with Gasteiger partial charge in [-0.3, -0.25) is 4.90 Å². The van der Waals surface area contributed by atoms with E-state index in [9.17, 15) is 0 Å². The number of nitrogens with one attached hydrogen (secondary N) is 1. The van der Waals surface area contributed by atoms with Crippen LogP contribution in [-0.2, 0) is 0 Å². The van der Waals surface area contributed by atoms with E-state index in [1.54, 1.807) is 0 Å². The molecule has 1 aliphatic heterocycles. The molecule has 13 heavy (non-hydrogen) atoms. The van der Waals surface area contributed by atoms with E-state index >= 15 is 0 Å². The molecule has 0 spiro atoms. The average molecular weight is 198 g/mol. The van der Waals surface area contributed by atoms with Crippen molar-refractivity contribution in [2.45, 2.75) is 25.3 Å². The summed E-state index contributed by atoms with van der Waals surface area (Å²) in [4.78, 5) is 2.33. The Hall–Kier alpha value is -0.410. The highest BCUT2D eigenvalue weighted by atomic mass is 32.2. The first-order chi connectivity index (χ1) is 6.27. The number of nitrogens with zero attached hydrogens (tertiary/aromatic N) is 1. The maximum absolute atomic E-state index is 3.74. The summed E-state index contributed by atoms with van der Waals surface area (Å²) < 4.78 is 0. The standard InChI is InChI=1S/C10H18N2S/c1-4-6-7-12(3)10-11-9(5-2)8-13-10/h5,8,10-11H,2,4,6-7H2,1,3H3. The second kappa shape index (κ2) is 5.35. The number of hydrogen-bond donors (Lipinski definition) is 1. The second-order valence-electron chi connectivity index (χ2n) is 3.24. The van der Waals surface area contributed by atoms with Gasteiger partial charge in [0.1, 0.15) is 5.50 Å². The van der Waals surface area contributed by atoms with Crippen LogP contribution in [0.1, 0.15) is 19.8 Å². The fraction of sp³-hybridized carbons (Fsp3) is 0.600. The van der Waals surface area contributed by atoms with Gasteiger partial charge in [0.05, 0.1) is 0 Å². The van der Waals surface area contributed by atoms with Crippen LogP contribution in [0.3, 0.4) is 0 Å². The topological polar surface area (TPSA) is 15.3 Å². The molecule has 1 atom stereocenters. The van der Waals surface area contributed by atoms with Gasteiger partial charge in [0.25, 0.3) is 0 Å². The second-order valence-corrected chi connectivity index (χ2v) is 4.20. The van der Waals surface area contributed by atoms with Crippen molar-refractivity contribution < 1.29 is 0 Å². The highest BCUT2D eigenvalue weighted by Crippen LogP contribution is 2.23. The smallest absolute Gasteiger partial charge is 0.132 e.